The number of halogens is 3. The molecule has 0 saturated heterocycles. The van der Waals surface area contributed by atoms with Crippen molar-refractivity contribution in [2.45, 2.75) is 13.5 Å². The van der Waals surface area contributed by atoms with Crippen molar-refractivity contribution in [3.8, 4) is 11.8 Å². The third-order valence-electron chi connectivity index (χ3n) is 4.09. The van der Waals surface area contributed by atoms with Crippen molar-refractivity contribution in [3.63, 3.8) is 0 Å². The van der Waals surface area contributed by atoms with Gasteiger partial charge in [0.25, 0.3) is 0 Å². The summed E-state index contributed by atoms with van der Waals surface area (Å²) in [5.41, 5.74) is 4.19. The Bertz CT molecular complexity index is 1050. The number of aryl methyl sites for hydroxylation is 1. The Kier molecular flexibility index (Phi) is 6.66. The van der Waals surface area contributed by atoms with Crippen molar-refractivity contribution < 1.29 is 9.13 Å². The van der Waals surface area contributed by atoms with Gasteiger partial charge >= 0.3 is 0 Å². The van der Waals surface area contributed by atoms with E-state index in [1.807, 2.05) is 55.5 Å². The molecule has 0 fully saturated rings. The maximum Gasteiger partial charge on any atom is 0.148 e. The van der Waals surface area contributed by atoms with E-state index in [-0.39, 0.29) is 12.4 Å². The predicted molar refractivity (Wildman–Crippen MR) is 117 cm³/mol. The summed E-state index contributed by atoms with van der Waals surface area (Å²) >= 11 is 7.04. The van der Waals surface area contributed by atoms with Crippen LogP contribution in [0.3, 0.4) is 0 Å². The van der Waals surface area contributed by atoms with Gasteiger partial charge in [0.1, 0.15) is 18.2 Å². The smallest absolute Gasteiger partial charge is 0.148 e. The van der Waals surface area contributed by atoms with E-state index in [4.69, 9.17) is 4.74 Å². The summed E-state index contributed by atoms with van der Waals surface area (Å²) in [6.07, 6.45) is 1.83. The fourth-order valence-corrected chi connectivity index (χ4v) is 4.11. The first-order valence-corrected chi connectivity index (χ1v) is 10.1. The average molecular weight is 501 g/mol. The first-order chi connectivity index (χ1) is 13.5. The highest BCUT2D eigenvalue weighted by atomic mass is 79.9. The highest BCUT2D eigenvalue weighted by Crippen LogP contribution is 2.36. The van der Waals surface area contributed by atoms with Gasteiger partial charge in [0.2, 0.25) is 0 Å². The van der Waals surface area contributed by atoms with E-state index in [1.54, 1.807) is 6.07 Å². The van der Waals surface area contributed by atoms with Crippen molar-refractivity contribution in [1.82, 2.24) is 0 Å². The van der Waals surface area contributed by atoms with Gasteiger partial charge < -0.3 is 4.74 Å². The standard InChI is InChI=1S/C23H16Br2FNO/c1-15-5-7-18(8-6-15)19(13-27)9-17-11-21(24)23(22(25)12-17)28-14-16-3-2-4-20(26)10-16/h2-12H,14H2,1H3/b19-9-. The molecule has 0 spiro atoms. The molecule has 0 heterocycles. The second-order valence-electron chi connectivity index (χ2n) is 6.27. The maximum atomic E-state index is 13.3. The van der Waals surface area contributed by atoms with Crippen molar-refractivity contribution in [2.24, 2.45) is 0 Å². The predicted octanol–water partition coefficient (Wildman–Crippen LogP) is 7.30. The molecule has 0 amide bonds. The molecule has 0 saturated carbocycles. The summed E-state index contributed by atoms with van der Waals surface area (Å²) in [7, 11) is 0. The maximum absolute atomic E-state index is 13.3. The Labute approximate surface area is 180 Å². The highest BCUT2D eigenvalue weighted by molar-refractivity contribution is 9.11. The van der Waals surface area contributed by atoms with Gasteiger partial charge in [-0.05, 0) is 85.8 Å². The lowest BCUT2D eigenvalue weighted by atomic mass is 10.0. The summed E-state index contributed by atoms with van der Waals surface area (Å²) in [4.78, 5) is 0. The second-order valence-corrected chi connectivity index (χ2v) is 7.98. The zero-order valence-electron chi connectivity index (χ0n) is 15.0. The largest absolute Gasteiger partial charge is 0.487 e. The van der Waals surface area contributed by atoms with E-state index < -0.39 is 0 Å². The summed E-state index contributed by atoms with van der Waals surface area (Å²) in [5.74, 6) is 0.329. The fourth-order valence-electron chi connectivity index (χ4n) is 2.66. The number of nitrogens with zero attached hydrogens (tertiary/aromatic N) is 1. The topological polar surface area (TPSA) is 33.0 Å². The van der Waals surface area contributed by atoms with Gasteiger partial charge in [-0.25, -0.2) is 4.39 Å². The van der Waals surface area contributed by atoms with Crippen molar-refractivity contribution in [2.75, 3.05) is 0 Å². The minimum Gasteiger partial charge on any atom is -0.487 e. The SMILES string of the molecule is Cc1ccc(/C(C#N)=C\c2cc(Br)c(OCc3cccc(F)c3)c(Br)c2)cc1. The zero-order valence-corrected chi connectivity index (χ0v) is 18.2. The molecule has 2 nitrogen and oxygen atoms in total. The van der Waals surface area contributed by atoms with E-state index in [2.05, 4.69) is 37.9 Å². The molecule has 3 aromatic carbocycles. The molecule has 0 unspecified atom stereocenters. The highest BCUT2D eigenvalue weighted by Gasteiger charge is 2.10. The normalized spacial score (nSPS) is 11.2. The van der Waals surface area contributed by atoms with Gasteiger partial charge in [0.15, 0.2) is 0 Å². The van der Waals surface area contributed by atoms with Gasteiger partial charge in [0.05, 0.1) is 20.6 Å². The Balaban J connectivity index is 1.84. The summed E-state index contributed by atoms with van der Waals surface area (Å²) < 4.78 is 20.6. The van der Waals surface area contributed by atoms with Crippen LogP contribution in [0.5, 0.6) is 5.75 Å². The molecule has 3 aromatic rings. The lowest BCUT2D eigenvalue weighted by Gasteiger charge is -2.12. The number of rotatable bonds is 5. The molecular formula is C23H16Br2FNO. The van der Waals surface area contributed by atoms with E-state index >= 15 is 0 Å². The molecule has 0 aromatic heterocycles. The molecule has 0 aliphatic heterocycles. The zero-order chi connectivity index (χ0) is 20.1. The van der Waals surface area contributed by atoms with E-state index in [9.17, 15) is 9.65 Å². The van der Waals surface area contributed by atoms with Crippen LogP contribution in [0.4, 0.5) is 4.39 Å². The molecule has 5 heteroatoms. The molecule has 28 heavy (non-hydrogen) atoms. The number of ether oxygens (including phenoxy) is 1. The van der Waals surface area contributed by atoms with E-state index in [1.165, 1.54) is 12.1 Å². The monoisotopic (exact) mass is 499 g/mol. The Morgan fingerprint density at radius 3 is 2.36 bits per heavy atom. The van der Waals surface area contributed by atoms with E-state index in [0.29, 0.717) is 11.3 Å². The first kappa shape index (κ1) is 20.3. The Morgan fingerprint density at radius 1 is 1.07 bits per heavy atom. The molecular weight excluding hydrogens is 485 g/mol. The summed E-state index contributed by atoms with van der Waals surface area (Å²) in [5, 5.41) is 9.54. The number of hydrogen-bond donors (Lipinski definition) is 0. The molecule has 0 aliphatic rings. The summed E-state index contributed by atoms with van der Waals surface area (Å²) in [6.45, 7) is 2.26. The van der Waals surface area contributed by atoms with Gasteiger partial charge in [-0.2, -0.15) is 5.26 Å². The van der Waals surface area contributed by atoms with Gasteiger partial charge in [-0.15, -0.1) is 0 Å². The fraction of sp³-hybridized carbons (Fsp3) is 0.0870. The van der Waals surface area contributed by atoms with Crippen LogP contribution >= 0.6 is 31.9 Å². The lowest BCUT2D eigenvalue weighted by Crippen LogP contribution is -1.98. The van der Waals surface area contributed by atoms with Gasteiger partial charge in [-0.1, -0.05) is 42.0 Å². The van der Waals surface area contributed by atoms with Crippen LogP contribution < -0.4 is 4.74 Å². The van der Waals surface area contributed by atoms with Crippen LogP contribution in [-0.4, -0.2) is 0 Å². The van der Waals surface area contributed by atoms with Gasteiger partial charge in [0, 0.05) is 0 Å². The number of benzene rings is 3. The second kappa shape index (κ2) is 9.18. The third-order valence-corrected chi connectivity index (χ3v) is 5.26. The molecule has 0 bridgehead atoms. The molecule has 0 atom stereocenters. The van der Waals surface area contributed by atoms with Crippen LogP contribution in [0.25, 0.3) is 11.6 Å². The molecule has 0 aliphatic carbocycles. The number of hydrogen-bond acceptors (Lipinski definition) is 2. The minimum atomic E-state index is -0.292. The Hall–Kier alpha value is -2.42. The number of allylic oxidation sites excluding steroid dienone is 1. The third kappa shape index (κ3) is 5.09. The molecule has 0 radical (unpaired) electrons. The number of nitriles is 1. The van der Waals surface area contributed by atoms with Crippen molar-refractivity contribution in [1.29, 1.82) is 5.26 Å². The van der Waals surface area contributed by atoms with Crippen LogP contribution in [0.2, 0.25) is 0 Å². The van der Waals surface area contributed by atoms with E-state index in [0.717, 1.165) is 31.2 Å². The van der Waals surface area contributed by atoms with Crippen molar-refractivity contribution >= 4 is 43.5 Å². The first-order valence-electron chi connectivity index (χ1n) is 8.51. The Morgan fingerprint density at radius 2 is 1.75 bits per heavy atom. The van der Waals surface area contributed by atoms with Crippen LogP contribution in [0.15, 0.2) is 69.6 Å². The van der Waals surface area contributed by atoms with Crippen LogP contribution in [-0.2, 0) is 6.61 Å². The average Bonchev–Trinajstić information content (AvgIpc) is 2.66. The summed E-state index contributed by atoms with van der Waals surface area (Å²) in [6, 6.07) is 20.2. The molecule has 140 valence electrons. The minimum absolute atomic E-state index is 0.247. The molecule has 0 N–H and O–H groups in total. The lowest BCUT2D eigenvalue weighted by molar-refractivity contribution is 0.301. The van der Waals surface area contributed by atoms with Crippen molar-refractivity contribution in [3.05, 3.63) is 97.7 Å². The quantitative estimate of drug-likeness (QED) is 0.272. The van der Waals surface area contributed by atoms with Crippen LogP contribution in [0, 0.1) is 24.1 Å². The van der Waals surface area contributed by atoms with Crippen LogP contribution in [0.1, 0.15) is 22.3 Å². The van der Waals surface area contributed by atoms with Gasteiger partial charge in [-0.3, -0.25) is 0 Å². The molecule has 3 rings (SSSR count).